The Morgan fingerprint density at radius 3 is 2.72 bits per heavy atom. The Labute approximate surface area is 196 Å². The number of benzene rings is 1. The van der Waals surface area contributed by atoms with Crippen molar-refractivity contribution in [3.05, 3.63) is 46.7 Å². The van der Waals surface area contributed by atoms with Crippen LogP contribution in [0.4, 0.5) is 0 Å². The van der Waals surface area contributed by atoms with Crippen molar-refractivity contribution in [2.24, 2.45) is 0 Å². The highest BCUT2D eigenvalue weighted by molar-refractivity contribution is 7.99. The van der Waals surface area contributed by atoms with E-state index >= 15 is 0 Å². The smallest absolute Gasteiger partial charge is 0.243 e. The molecule has 0 bridgehead atoms. The summed E-state index contributed by atoms with van der Waals surface area (Å²) in [5.41, 5.74) is 0.689. The molecule has 0 saturated carbocycles. The molecule has 2 aromatic heterocycles. The summed E-state index contributed by atoms with van der Waals surface area (Å²) in [6, 6.07) is 10.8. The number of amides is 1. The van der Waals surface area contributed by atoms with Gasteiger partial charge >= 0.3 is 0 Å². The lowest BCUT2D eigenvalue weighted by atomic mass is 10.2. The monoisotopic (exact) mass is 491 g/mol. The van der Waals surface area contributed by atoms with E-state index in [1.54, 1.807) is 29.5 Å². The summed E-state index contributed by atoms with van der Waals surface area (Å²) in [5, 5.41) is 14.1. The average molecular weight is 492 g/mol. The zero-order valence-electron chi connectivity index (χ0n) is 17.7. The molecular weight excluding hydrogens is 466 g/mol. The van der Waals surface area contributed by atoms with Crippen molar-refractivity contribution in [1.29, 1.82) is 0 Å². The van der Waals surface area contributed by atoms with E-state index in [-0.39, 0.29) is 16.6 Å². The van der Waals surface area contributed by atoms with E-state index in [1.165, 1.54) is 16.1 Å². The maximum Gasteiger partial charge on any atom is 0.243 e. The minimum Gasteiger partial charge on any atom is -0.350 e. The van der Waals surface area contributed by atoms with Crippen molar-refractivity contribution in [2.75, 3.05) is 18.8 Å². The van der Waals surface area contributed by atoms with Gasteiger partial charge in [-0.3, -0.25) is 4.79 Å². The Morgan fingerprint density at radius 1 is 1.19 bits per heavy atom. The maximum absolute atomic E-state index is 12.9. The molecule has 1 aromatic carbocycles. The second-order valence-electron chi connectivity index (χ2n) is 7.33. The number of hydrogen-bond acceptors (Lipinski definition) is 7. The average Bonchev–Trinajstić information content (AvgIpc) is 3.57. The number of thiophene rings is 1. The van der Waals surface area contributed by atoms with Gasteiger partial charge in [-0.2, -0.15) is 4.31 Å². The van der Waals surface area contributed by atoms with Crippen LogP contribution in [0.2, 0.25) is 0 Å². The Kier molecular flexibility index (Phi) is 7.29. The zero-order chi connectivity index (χ0) is 22.6. The lowest BCUT2D eigenvalue weighted by Gasteiger charge is -2.16. The van der Waals surface area contributed by atoms with Crippen LogP contribution in [0.25, 0.3) is 11.4 Å². The largest absolute Gasteiger partial charge is 0.350 e. The van der Waals surface area contributed by atoms with E-state index in [9.17, 15) is 13.2 Å². The first-order chi connectivity index (χ1) is 15.5. The normalized spacial score (nSPS) is 14.7. The molecule has 0 aliphatic carbocycles. The highest BCUT2D eigenvalue weighted by atomic mass is 32.2. The van der Waals surface area contributed by atoms with Crippen LogP contribution in [-0.4, -0.2) is 52.2 Å². The highest BCUT2D eigenvalue weighted by Crippen LogP contribution is 2.28. The fourth-order valence-electron chi connectivity index (χ4n) is 3.55. The first-order valence-corrected chi connectivity index (χ1v) is 13.7. The van der Waals surface area contributed by atoms with E-state index < -0.39 is 10.0 Å². The van der Waals surface area contributed by atoms with Gasteiger partial charge in [-0.25, -0.2) is 8.42 Å². The lowest BCUT2D eigenvalue weighted by molar-refractivity contribution is -0.118. The topological polar surface area (TPSA) is 97.2 Å². The fourth-order valence-corrected chi connectivity index (χ4v) is 6.59. The molecule has 0 spiro atoms. The number of nitrogens with zero attached hydrogens (tertiary/aromatic N) is 4. The van der Waals surface area contributed by atoms with Gasteiger partial charge in [0.25, 0.3) is 0 Å². The molecule has 1 amide bonds. The molecule has 1 aliphatic rings. The lowest BCUT2D eigenvalue weighted by Crippen LogP contribution is -2.27. The first kappa shape index (κ1) is 23.0. The Hall–Kier alpha value is -2.21. The minimum absolute atomic E-state index is 0.0747. The van der Waals surface area contributed by atoms with Crippen molar-refractivity contribution >= 4 is 39.0 Å². The summed E-state index contributed by atoms with van der Waals surface area (Å²) < 4.78 is 29.3. The molecule has 1 aliphatic heterocycles. The standard InChI is InChI=1S/C21H25N5O3S3/c1-2-26-20(16-7-5-9-18(13-16)32(28,29)25-10-3-4-11-25)23-24-21(26)31-15-19(27)22-14-17-8-6-12-30-17/h5-9,12-13H,2-4,10-11,14-15H2,1H3,(H,22,27). The quantitative estimate of drug-likeness (QED) is 0.462. The third-order valence-corrected chi connectivity index (χ3v) is 8.94. The number of hydrogen-bond donors (Lipinski definition) is 1. The molecule has 3 aromatic rings. The van der Waals surface area contributed by atoms with Crippen LogP contribution in [0.3, 0.4) is 0 Å². The molecule has 4 rings (SSSR count). The van der Waals surface area contributed by atoms with Gasteiger partial charge in [0.05, 0.1) is 17.2 Å². The van der Waals surface area contributed by atoms with Crippen LogP contribution in [0, 0.1) is 0 Å². The van der Waals surface area contributed by atoms with Crippen LogP contribution in [0.5, 0.6) is 0 Å². The SMILES string of the molecule is CCn1c(SCC(=O)NCc2cccs2)nnc1-c1cccc(S(=O)(=O)N2CCCC2)c1. The number of rotatable bonds is 9. The molecule has 0 unspecified atom stereocenters. The van der Waals surface area contributed by atoms with Crippen molar-refractivity contribution in [3.63, 3.8) is 0 Å². The van der Waals surface area contributed by atoms with Gasteiger partial charge in [-0.05, 0) is 43.3 Å². The first-order valence-electron chi connectivity index (χ1n) is 10.4. The number of aromatic nitrogens is 3. The zero-order valence-corrected chi connectivity index (χ0v) is 20.2. The van der Waals surface area contributed by atoms with Gasteiger partial charge in [-0.15, -0.1) is 21.5 Å². The van der Waals surface area contributed by atoms with Gasteiger partial charge in [0, 0.05) is 30.1 Å². The number of nitrogens with one attached hydrogen (secondary N) is 1. The predicted molar refractivity (Wildman–Crippen MR) is 126 cm³/mol. The van der Waals surface area contributed by atoms with Crippen molar-refractivity contribution < 1.29 is 13.2 Å². The number of carbonyl (C=O) groups is 1. The summed E-state index contributed by atoms with van der Waals surface area (Å²) >= 11 is 2.92. The third kappa shape index (κ3) is 5.06. The molecular formula is C21H25N5O3S3. The Bertz CT molecular complexity index is 1170. The number of carbonyl (C=O) groups excluding carboxylic acids is 1. The van der Waals surface area contributed by atoms with E-state index in [0.717, 1.165) is 17.7 Å². The maximum atomic E-state index is 12.9. The Morgan fingerprint density at radius 2 is 2.00 bits per heavy atom. The second kappa shape index (κ2) is 10.2. The summed E-state index contributed by atoms with van der Waals surface area (Å²) in [7, 11) is -3.51. The number of sulfonamides is 1. The molecule has 11 heteroatoms. The number of thioether (sulfide) groups is 1. The summed E-state index contributed by atoms with van der Waals surface area (Å²) in [6.07, 6.45) is 1.79. The van der Waals surface area contributed by atoms with Crippen molar-refractivity contribution in [3.8, 4) is 11.4 Å². The molecule has 8 nitrogen and oxygen atoms in total. The van der Waals surface area contributed by atoms with Gasteiger partial charge in [0.2, 0.25) is 15.9 Å². The van der Waals surface area contributed by atoms with E-state index in [0.29, 0.717) is 42.7 Å². The van der Waals surface area contributed by atoms with E-state index in [2.05, 4.69) is 15.5 Å². The minimum atomic E-state index is -3.51. The predicted octanol–water partition coefficient (Wildman–Crippen LogP) is 3.22. The van der Waals surface area contributed by atoms with E-state index in [1.807, 2.05) is 35.1 Å². The molecule has 0 atom stereocenters. The summed E-state index contributed by atoms with van der Waals surface area (Å²) in [5.74, 6) is 0.745. The fraction of sp³-hybridized carbons (Fsp3) is 0.381. The van der Waals surface area contributed by atoms with Crippen LogP contribution in [0.1, 0.15) is 24.6 Å². The van der Waals surface area contributed by atoms with Gasteiger partial charge in [0.15, 0.2) is 11.0 Å². The van der Waals surface area contributed by atoms with Crippen LogP contribution in [-0.2, 0) is 27.9 Å². The molecule has 1 saturated heterocycles. The van der Waals surface area contributed by atoms with Crippen LogP contribution in [0.15, 0.2) is 51.8 Å². The molecule has 170 valence electrons. The van der Waals surface area contributed by atoms with Crippen LogP contribution < -0.4 is 5.32 Å². The third-order valence-electron chi connectivity index (χ3n) is 5.20. The molecule has 0 radical (unpaired) electrons. The van der Waals surface area contributed by atoms with Gasteiger partial charge in [-0.1, -0.05) is 30.0 Å². The van der Waals surface area contributed by atoms with Crippen molar-refractivity contribution in [2.45, 2.75) is 42.9 Å². The Balaban J connectivity index is 1.47. The molecule has 1 fully saturated rings. The molecule has 1 N–H and O–H groups in total. The summed E-state index contributed by atoms with van der Waals surface area (Å²) in [6.45, 7) is 4.21. The summed E-state index contributed by atoms with van der Waals surface area (Å²) in [4.78, 5) is 13.6. The highest BCUT2D eigenvalue weighted by Gasteiger charge is 2.27. The van der Waals surface area contributed by atoms with Gasteiger partial charge < -0.3 is 9.88 Å². The van der Waals surface area contributed by atoms with Gasteiger partial charge in [0.1, 0.15) is 0 Å². The molecule has 3 heterocycles. The molecule has 32 heavy (non-hydrogen) atoms. The van der Waals surface area contributed by atoms with Crippen LogP contribution >= 0.6 is 23.1 Å². The second-order valence-corrected chi connectivity index (χ2v) is 11.2. The van der Waals surface area contributed by atoms with E-state index in [4.69, 9.17) is 0 Å². The van der Waals surface area contributed by atoms with Crippen molar-refractivity contribution in [1.82, 2.24) is 24.4 Å².